The molecule has 3 heteroatoms. The summed E-state index contributed by atoms with van der Waals surface area (Å²) in [7, 11) is 0. The van der Waals surface area contributed by atoms with E-state index in [4.69, 9.17) is 9.97 Å². The van der Waals surface area contributed by atoms with Gasteiger partial charge in [-0.25, -0.2) is 9.97 Å². The minimum Gasteiger partial charge on any atom is -0.228 e. The Kier molecular flexibility index (Phi) is 7.84. The summed E-state index contributed by atoms with van der Waals surface area (Å²) in [5.74, 6) is 0.713. The molecule has 11 rings (SSSR count). The second kappa shape index (κ2) is 13.4. The standard InChI is InChI=1S/C54H36N2S/c1-54(41-18-6-3-7-19-41)46-23-10-8-20-43(46)44-31-30-40(33-47(44)54)49-34-48(55-53(56-49)37-14-4-2-5-15-37)36-28-26-35(27-29-36)38-16-12-17-39(32-38)42-22-13-25-51-52(42)45-21-9-11-24-50(45)57-51/h2-34H,1H3. The molecule has 0 bridgehead atoms. The molecule has 0 saturated carbocycles. The molecule has 2 aromatic heterocycles. The predicted molar refractivity (Wildman–Crippen MR) is 240 cm³/mol. The third-order valence-electron chi connectivity index (χ3n) is 11.8. The molecule has 1 unspecified atom stereocenters. The zero-order valence-corrected chi connectivity index (χ0v) is 32.2. The molecule has 8 aromatic carbocycles. The number of aromatic nitrogens is 2. The van der Waals surface area contributed by atoms with E-state index in [2.05, 4.69) is 189 Å². The number of hydrogen-bond acceptors (Lipinski definition) is 3. The maximum atomic E-state index is 5.22. The van der Waals surface area contributed by atoms with E-state index in [1.54, 1.807) is 0 Å². The molecular weight excluding hydrogens is 709 g/mol. The first-order valence-electron chi connectivity index (χ1n) is 19.5. The maximum absolute atomic E-state index is 5.22. The molecular formula is C54H36N2S. The van der Waals surface area contributed by atoms with Crippen LogP contribution in [-0.2, 0) is 5.41 Å². The van der Waals surface area contributed by atoms with Gasteiger partial charge in [-0.3, -0.25) is 0 Å². The maximum Gasteiger partial charge on any atom is 0.160 e. The van der Waals surface area contributed by atoms with Gasteiger partial charge in [-0.1, -0.05) is 170 Å². The van der Waals surface area contributed by atoms with Crippen molar-refractivity contribution in [3.05, 3.63) is 217 Å². The smallest absolute Gasteiger partial charge is 0.160 e. The third-order valence-corrected chi connectivity index (χ3v) is 12.9. The van der Waals surface area contributed by atoms with E-state index < -0.39 is 0 Å². The van der Waals surface area contributed by atoms with Gasteiger partial charge in [0.2, 0.25) is 0 Å². The van der Waals surface area contributed by atoms with Crippen LogP contribution in [0.4, 0.5) is 0 Å². The van der Waals surface area contributed by atoms with E-state index in [9.17, 15) is 0 Å². The molecule has 1 atom stereocenters. The Labute approximate surface area is 336 Å². The Balaban J connectivity index is 0.994. The van der Waals surface area contributed by atoms with E-state index in [1.807, 2.05) is 29.5 Å². The lowest BCUT2D eigenvalue weighted by atomic mass is 9.74. The van der Waals surface area contributed by atoms with Gasteiger partial charge in [-0.2, -0.15) is 0 Å². The number of hydrogen-bond donors (Lipinski definition) is 0. The molecule has 1 aliphatic carbocycles. The molecule has 0 fully saturated rings. The van der Waals surface area contributed by atoms with Gasteiger partial charge >= 0.3 is 0 Å². The molecule has 0 amide bonds. The van der Waals surface area contributed by atoms with Gasteiger partial charge < -0.3 is 0 Å². The lowest BCUT2D eigenvalue weighted by molar-refractivity contribution is 0.714. The fourth-order valence-electron chi connectivity index (χ4n) is 8.91. The first kappa shape index (κ1) is 33.4. The quantitative estimate of drug-likeness (QED) is 0.169. The van der Waals surface area contributed by atoms with Crippen LogP contribution < -0.4 is 0 Å². The van der Waals surface area contributed by atoms with Crippen molar-refractivity contribution in [1.29, 1.82) is 0 Å². The molecule has 2 nitrogen and oxygen atoms in total. The fourth-order valence-corrected chi connectivity index (χ4v) is 10.0. The van der Waals surface area contributed by atoms with E-state index in [0.717, 1.165) is 28.1 Å². The summed E-state index contributed by atoms with van der Waals surface area (Å²) in [6.45, 7) is 2.36. The van der Waals surface area contributed by atoms with Crippen LogP contribution in [0.25, 0.3) is 87.5 Å². The second-order valence-corrected chi connectivity index (χ2v) is 16.1. The van der Waals surface area contributed by atoms with Crippen molar-refractivity contribution in [2.45, 2.75) is 12.3 Å². The van der Waals surface area contributed by atoms with Crippen LogP contribution in [0, 0.1) is 0 Å². The van der Waals surface area contributed by atoms with Gasteiger partial charge in [0.15, 0.2) is 5.82 Å². The van der Waals surface area contributed by atoms with Gasteiger partial charge in [0.05, 0.1) is 11.4 Å². The largest absolute Gasteiger partial charge is 0.228 e. The molecule has 1 aliphatic rings. The fraction of sp³-hybridized carbons (Fsp3) is 0.0370. The van der Waals surface area contributed by atoms with Gasteiger partial charge in [-0.15, -0.1) is 11.3 Å². The van der Waals surface area contributed by atoms with E-state index in [-0.39, 0.29) is 5.41 Å². The molecule has 57 heavy (non-hydrogen) atoms. The van der Waals surface area contributed by atoms with Gasteiger partial charge in [0.25, 0.3) is 0 Å². The van der Waals surface area contributed by atoms with Crippen molar-refractivity contribution >= 4 is 31.5 Å². The van der Waals surface area contributed by atoms with Gasteiger partial charge in [0.1, 0.15) is 0 Å². The first-order chi connectivity index (χ1) is 28.1. The second-order valence-electron chi connectivity index (χ2n) is 15.1. The highest BCUT2D eigenvalue weighted by atomic mass is 32.1. The average Bonchev–Trinajstić information content (AvgIpc) is 3.80. The van der Waals surface area contributed by atoms with E-state index in [0.29, 0.717) is 5.82 Å². The Morgan fingerprint density at radius 3 is 1.82 bits per heavy atom. The van der Waals surface area contributed by atoms with Crippen LogP contribution in [0.1, 0.15) is 23.6 Å². The normalized spacial score (nSPS) is 14.5. The van der Waals surface area contributed by atoms with Gasteiger partial charge in [0, 0.05) is 42.3 Å². The summed E-state index contributed by atoms with van der Waals surface area (Å²) in [5.41, 5.74) is 15.9. The van der Waals surface area contributed by atoms with Crippen LogP contribution in [0.5, 0.6) is 0 Å². The number of benzene rings is 8. The summed E-state index contributed by atoms with van der Waals surface area (Å²) in [4.78, 5) is 10.4. The summed E-state index contributed by atoms with van der Waals surface area (Å²) >= 11 is 1.86. The molecule has 0 aliphatic heterocycles. The summed E-state index contributed by atoms with van der Waals surface area (Å²) in [5, 5.41) is 2.65. The van der Waals surface area contributed by atoms with Crippen molar-refractivity contribution < 1.29 is 0 Å². The minimum absolute atomic E-state index is 0.293. The molecule has 0 saturated heterocycles. The van der Waals surface area contributed by atoms with Gasteiger partial charge in [-0.05, 0) is 87.3 Å². The van der Waals surface area contributed by atoms with E-state index >= 15 is 0 Å². The predicted octanol–water partition coefficient (Wildman–Crippen LogP) is 14.5. The van der Waals surface area contributed by atoms with Crippen molar-refractivity contribution in [2.75, 3.05) is 0 Å². The highest BCUT2D eigenvalue weighted by molar-refractivity contribution is 7.25. The minimum atomic E-state index is -0.293. The Morgan fingerprint density at radius 2 is 0.982 bits per heavy atom. The summed E-state index contributed by atoms with van der Waals surface area (Å²) < 4.78 is 2.64. The molecule has 10 aromatic rings. The lowest BCUT2D eigenvalue weighted by Crippen LogP contribution is -2.22. The van der Waals surface area contributed by atoms with Crippen molar-refractivity contribution in [3.63, 3.8) is 0 Å². The Morgan fingerprint density at radius 1 is 0.386 bits per heavy atom. The SMILES string of the molecule is CC1(c2ccccc2)c2ccccc2-c2ccc(-c3cc(-c4ccc(-c5cccc(-c6cccc7sc8ccccc8c67)c5)cc4)nc(-c4ccccc4)n3)cc21. The molecule has 0 radical (unpaired) electrons. The van der Waals surface area contributed by atoms with Crippen LogP contribution in [0.3, 0.4) is 0 Å². The van der Waals surface area contributed by atoms with Crippen molar-refractivity contribution in [2.24, 2.45) is 0 Å². The molecule has 0 N–H and O–H groups in total. The average molecular weight is 745 g/mol. The third kappa shape index (κ3) is 5.54. The van der Waals surface area contributed by atoms with Crippen molar-refractivity contribution in [1.82, 2.24) is 9.97 Å². The van der Waals surface area contributed by atoms with Crippen LogP contribution >= 0.6 is 11.3 Å². The Hall–Kier alpha value is -6.94. The highest BCUT2D eigenvalue weighted by Crippen LogP contribution is 2.53. The Bertz CT molecular complexity index is 3130. The number of fused-ring (bicyclic) bond motifs is 6. The van der Waals surface area contributed by atoms with Crippen LogP contribution in [0.2, 0.25) is 0 Å². The van der Waals surface area contributed by atoms with Crippen LogP contribution in [-0.4, -0.2) is 9.97 Å². The molecule has 0 spiro atoms. The number of nitrogens with zero attached hydrogens (tertiary/aromatic N) is 2. The summed E-state index contributed by atoms with van der Waals surface area (Å²) in [6, 6.07) is 72.2. The molecule has 268 valence electrons. The number of rotatable bonds is 6. The molecule has 2 heterocycles. The number of thiophene rings is 1. The zero-order chi connectivity index (χ0) is 37.9. The first-order valence-corrected chi connectivity index (χ1v) is 20.3. The van der Waals surface area contributed by atoms with Crippen LogP contribution in [0.15, 0.2) is 200 Å². The topological polar surface area (TPSA) is 25.8 Å². The summed E-state index contributed by atoms with van der Waals surface area (Å²) in [6.07, 6.45) is 0. The zero-order valence-electron chi connectivity index (χ0n) is 31.4. The van der Waals surface area contributed by atoms with Crippen molar-refractivity contribution in [3.8, 4) is 67.3 Å². The lowest BCUT2D eigenvalue weighted by Gasteiger charge is -2.28. The highest BCUT2D eigenvalue weighted by Gasteiger charge is 2.40. The van der Waals surface area contributed by atoms with E-state index in [1.165, 1.54) is 70.2 Å². The monoisotopic (exact) mass is 744 g/mol.